The molecular weight excluding hydrogens is 122 g/mol. The maximum absolute atomic E-state index is 4.28. The standard InChI is InChI=1S/C9H13N/c1-8(2)10-7-9-5-3-4-6-9/h3-9H,1-2H3. The number of allylic oxidation sites excluding steroid dienone is 4. The van der Waals surface area contributed by atoms with Gasteiger partial charge in [0.25, 0.3) is 0 Å². The zero-order valence-electron chi connectivity index (χ0n) is 6.49. The van der Waals surface area contributed by atoms with Crippen LogP contribution in [0.5, 0.6) is 0 Å². The second-order valence-corrected chi connectivity index (χ2v) is 2.74. The molecule has 0 bridgehead atoms. The number of rotatable bonds is 2. The van der Waals surface area contributed by atoms with E-state index in [0.29, 0.717) is 12.0 Å². The molecule has 1 aliphatic carbocycles. The van der Waals surface area contributed by atoms with E-state index in [1.807, 2.05) is 6.21 Å². The molecule has 0 saturated heterocycles. The van der Waals surface area contributed by atoms with Crippen LogP contribution < -0.4 is 0 Å². The van der Waals surface area contributed by atoms with E-state index in [-0.39, 0.29) is 0 Å². The van der Waals surface area contributed by atoms with Crippen LogP contribution in [0.25, 0.3) is 0 Å². The van der Waals surface area contributed by atoms with Crippen LogP contribution in [0.2, 0.25) is 0 Å². The highest BCUT2D eigenvalue weighted by atomic mass is 14.7. The number of nitrogens with zero attached hydrogens (tertiary/aromatic N) is 1. The van der Waals surface area contributed by atoms with Gasteiger partial charge >= 0.3 is 0 Å². The molecule has 10 heavy (non-hydrogen) atoms. The van der Waals surface area contributed by atoms with Crippen molar-refractivity contribution in [3.05, 3.63) is 24.3 Å². The van der Waals surface area contributed by atoms with Gasteiger partial charge in [0.05, 0.1) is 0 Å². The molecule has 0 heterocycles. The Morgan fingerprint density at radius 3 is 2.40 bits per heavy atom. The van der Waals surface area contributed by atoms with Gasteiger partial charge < -0.3 is 0 Å². The topological polar surface area (TPSA) is 12.4 Å². The fourth-order valence-corrected chi connectivity index (χ4v) is 0.820. The monoisotopic (exact) mass is 135 g/mol. The highest BCUT2D eigenvalue weighted by molar-refractivity contribution is 5.67. The molecule has 1 heteroatoms. The first-order chi connectivity index (χ1) is 4.79. The molecule has 0 amide bonds. The Kier molecular flexibility index (Phi) is 2.43. The number of hydrogen-bond donors (Lipinski definition) is 0. The highest BCUT2D eigenvalue weighted by Gasteiger charge is 1.97. The van der Waals surface area contributed by atoms with Crippen LogP contribution in [0, 0.1) is 5.92 Å². The lowest BCUT2D eigenvalue weighted by molar-refractivity contribution is 0.834. The van der Waals surface area contributed by atoms with E-state index in [2.05, 4.69) is 43.1 Å². The lowest BCUT2D eigenvalue weighted by atomic mass is 10.2. The zero-order valence-corrected chi connectivity index (χ0v) is 6.49. The molecule has 0 spiro atoms. The first kappa shape index (κ1) is 7.26. The molecule has 1 rings (SSSR count). The quantitative estimate of drug-likeness (QED) is 0.515. The van der Waals surface area contributed by atoms with Crippen molar-refractivity contribution in [1.82, 2.24) is 0 Å². The normalized spacial score (nSPS) is 18.3. The van der Waals surface area contributed by atoms with Gasteiger partial charge in [-0.25, -0.2) is 0 Å². The third kappa shape index (κ3) is 2.18. The lowest BCUT2D eigenvalue weighted by Gasteiger charge is -1.97. The smallest absolute Gasteiger partial charge is 0.0439 e. The van der Waals surface area contributed by atoms with Crippen molar-refractivity contribution < 1.29 is 0 Å². The predicted molar refractivity (Wildman–Crippen MR) is 45.4 cm³/mol. The van der Waals surface area contributed by atoms with E-state index < -0.39 is 0 Å². The van der Waals surface area contributed by atoms with Gasteiger partial charge in [-0.2, -0.15) is 0 Å². The Bertz CT molecular complexity index is 163. The molecule has 0 aliphatic heterocycles. The minimum atomic E-state index is 0.419. The van der Waals surface area contributed by atoms with Crippen LogP contribution in [0.4, 0.5) is 0 Å². The second-order valence-electron chi connectivity index (χ2n) is 2.74. The molecule has 0 radical (unpaired) electrons. The van der Waals surface area contributed by atoms with Gasteiger partial charge in [0, 0.05) is 18.2 Å². The summed E-state index contributed by atoms with van der Waals surface area (Å²) in [5.74, 6) is 0.447. The van der Waals surface area contributed by atoms with E-state index >= 15 is 0 Å². The maximum atomic E-state index is 4.28. The minimum Gasteiger partial charge on any atom is -0.294 e. The van der Waals surface area contributed by atoms with Gasteiger partial charge in [-0.1, -0.05) is 24.3 Å². The first-order valence-corrected chi connectivity index (χ1v) is 3.67. The van der Waals surface area contributed by atoms with Crippen LogP contribution in [0.3, 0.4) is 0 Å². The van der Waals surface area contributed by atoms with Crippen LogP contribution in [-0.4, -0.2) is 12.3 Å². The van der Waals surface area contributed by atoms with Gasteiger partial charge in [0.15, 0.2) is 0 Å². The lowest BCUT2D eigenvalue weighted by Crippen LogP contribution is -1.95. The van der Waals surface area contributed by atoms with E-state index in [1.54, 1.807) is 0 Å². The zero-order chi connectivity index (χ0) is 7.40. The van der Waals surface area contributed by atoms with Crippen LogP contribution in [0.1, 0.15) is 13.8 Å². The summed E-state index contributed by atoms with van der Waals surface area (Å²) in [6.45, 7) is 4.16. The van der Waals surface area contributed by atoms with Crippen LogP contribution >= 0.6 is 0 Å². The van der Waals surface area contributed by atoms with Crippen LogP contribution in [-0.2, 0) is 0 Å². The van der Waals surface area contributed by atoms with Crippen molar-refractivity contribution in [2.24, 2.45) is 10.9 Å². The maximum Gasteiger partial charge on any atom is 0.0439 e. The molecule has 0 aromatic rings. The Morgan fingerprint density at radius 1 is 1.30 bits per heavy atom. The second kappa shape index (κ2) is 3.35. The summed E-state index contributed by atoms with van der Waals surface area (Å²) in [6.07, 6.45) is 10.4. The summed E-state index contributed by atoms with van der Waals surface area (Å²) in [7, 11) is 0. The molecule has 54 valence electrons. The average molecular weight is 135 g/mol. The van der Waals surface area contributed by atoms with Crippen molar-refractivity contribution in [2.45, 2.75) is 19.9 Å². The van der Waals surface area contributed by atoms with Crippen molar-refractivity contribution in [2.75, 3.05) is 0 Å². The fraction of sp³-hybridized carbons (Fsp3) is 0.444. The fourth-order valence-electron chi connectivity index (χ4n) is 0.820. The van der Waals surface area contributed by atoms with E-state index in [9.17, 15) is 0 Å². The molecule has 0 aromatic carbocycles. The Labute approximate surface area is 62.2 Å². The summed E-state index contributed by atoms with van der Waals surface area (Å²) in [5.41, 5.74) is 0. The predicted octanol–water partition coefficient (Wildman–Crippen LogP) is 2.21. The largest absolute Gasteiger partial charge is 0.294 e. The van der Waals surface area contributed by atoms with Gasteiger partial charge in [-0.15, -0.1) is 0 Å². The summed E-state index contributed by atoms with van der Waals surface area (Å²) in [4.78, 5) is 4.28. The van der Waals surface area contributed by atoms with E-state index in [4.69, 9.17) is 0 Å². The van der Waals surface area contributed by atoms with E-state index in [0.717, 1.165) is 0 Å². The summed E-state index contributed by atoms with van der Waals surface area (Å²) in [5, 5.41) is 0. The van der Waals surface area contributed by atoms with Crippen molar-refractivity contribution in [1.29, 1.82) is 0 Å². The Balaban J connectivity index is 2.38. The van der Waals surface area contributed by atoms with Gasteiger partial charge in [0.1, 0.15) is 0 Å². The highest BCUT2D eigenvalue weighted by Crippen LogP contribution is 2.05. The molecule has 0 N–H and O–H groups in total. The van der Waals surface area contributed by atoms with Crippen molar-refractivity contribution in [3.63, 3.8) is 0 Å². The number of aliphatic imine (C=N–C) groups is 1. The third-order valence-corrected chi connectivity index (χ3v) is 1.33. The molecule has 0 aromatic heterocycles. The van der Waals surface area contributed by atoms with Gasteiger partial charge in [-0.05, 0) is 13.8 Å². The molecular formula is C9H13N. The van der Waals surface area contributed by atoms with Crippen molar-refractivity contribution >= 4 is 6.21 Å². The third-order valence-electron chi connectivity index (χ3n) is 1.33. The van der Waals surface area contributed by atoms with Crippen LogP contribution in [0.15, 0.2) is 29.3 Å². The first-order valence-electron chi connectivity index (χ1n) is 3.67. The average Bonchev–Trinajstić information content (AvgIpc) is 2.34. The minimum absolute atomic E-state index is 0.419. The summed E-state index contributed by atoms with van der Waals surface area (Å²) >= 11 is 0. The Morgan fingerprint density at radius 2 is 1.90 bits per heavy atom. The summed E-state index contributed by atoms with van der Waals surface area (Å²) in [6, 6.07) is 0.419. The van der Waals surface area contributed by atoms with E-state index in [1.165, 1.54) is 0 Å². The molecule has 1 nitrogen and oxygen atoms in total. The molecule has 1 aliphatic rings. The Hall–Kier alpha value is -0.850. The summed E-state index contributed by atoms with van der Waals surface area (Å²) < 4.78 is 0. The molecule has 0 fully saturated rings. The molecule has 0 atom stereocenters. The molecule has 0 unspecified atom stereocenters. The van der Waals surface area contributed by atoms with Gasteiger partial charge in [-0.3, -0.25) is 4.99 Å². The van der Waals surface area contributed by atoms with Crippen molar-refractivity contribution in [3.8, 4) is 0 Å². The van der Waals surface area contributed by atoms with Gasteiger partial charge in [0.2, 0.25) is 0 Å². The number of hydrogen-bond acceptors (Lipinski definition) is 1. The molecule has 0 saturated carbocycles. The SMILES string of the molecule is CC(C)N=CC1C=CC=C1.